The van der Waals surface area contributed by atoms with Gasteiger partial charge in [-0.3, -0.25) is 4.79 Å². The SMILES string of the molecule is Cc1ccc(Oc2nc(Nc3ccc(Cl)cc3)c(=O)n(C)c2C)c(C)c1. The normalized spacial score (nSPS) is 10.7. The Labute approximate surface area is 157 Å². The third kappa shape index (κ3) is 3.73. The molecule has 6 heteroatoms. The molecular weight excluding hydrogens is 350 g/mol. The van der Waals surface area contributed by atoms with Crippen molar-refractivity contribution in [3.05, 3.63) is 74.7 Å². The van der Waals surface area contributed by atoms with Crippen LogP contribution in [-0.2, 0) is 7.05 Å². The van der Waals surface area contributed by atoms with Crippen molar-refractivity contribution in [1.82, 2.24) is 9.55 Å². The molecule has 0 spiro atoms. The summed E-state index contributed by atoms with van der Waals surface area (Å²) in [5.74, 6) is 1.29. The largest absolute Gasteiger partial charge is 0.437 e. The van der Waals surface area contributed by atoms with Gasteiger partial charge in [-0.2, -0.15) is 4.98 Å². The topological polar surface area (TPSA) is 56.1 Å². The number of anilines is 2. The number of rotatable bonds is 4. The van der Waals surface area contributed by atoms with Gasteiger partial charge in [0.1, 0.15) is 5.75 Å². The maximum Gasteiger partial charge on any atom is 0.293 e. The summed E-state index contributed by atoms with van der Waals surface area (Å²) in [6.07, 6.45) is 0. The fourth-order valence-corrected chi connectivity index (χ4v) is 2.68. The van der Waals surface area contributed by atoms with E-state index in [4.69, 9.17) is 16.3 Å². The molecule has 1 heterocycles. The van der Waals surface area contributed by atoms with Gasteiger partial charge in [0.05, 0.1) is 5.69 Å². The third-order valence-corrected chi connectivity index (χ3v) is 4.43. The monoisotopic (exact) mass is 369 g/mol. The van der Waals surface area contributed by atoms with Crippen LogP contribution < -0.4 is 15.6 Å². The second-order valence-corrected chi connectivity index (χ2v) is 6.65. The van der Waals surface area contributed by atoms with Crippen LogP contribution in [0.3, 0.4) is 0 Å². The van der Waals surface area contributed by atoms with E-state index in [2.05, 4.69) is 10.3 Å². The summed E-state index contributed by atoms with van der Waals surface area (Å²) < 4.78 is 7.51. The number of aromatic nitrogens is 2. The lowest BCUT2D eigenvalue weighted by Gasteiger charge is -2.15. The molecule has 0 atom stereocenters. The third-order valence-electron chi connectivity index (χ3n) is 4.18. The number of aryl methyl sites for hydroxylation is 2. The van der Waals surface area contributed by atoms with Crippen molar-refractivity contribution in [2.75, 3.05) is 5.32 Å². The highest BCUT2D eigenvalue weighted by Gasteiger charge is 2.14. The van der Waals surface area contributed by atoms with Crippen molar-refractivity contribution < 1.29 is 4.74 Å². The summed E-state index contributed by atoms with van der Waals surface area (Å²) in [7, 11) is 1.70. The first-order chi connectivity index (χ1) is 12.3. The van der Waals surface area contributed by atoms with Crippen LogP contribution in [0.4, 0.5) is 11.5 Å². The first-order valence-corrected chi connectivity index (χ1v) is 8.58. The first kappa shape index (κ1) is 18.0. The van der Waals surface area contributed by atoms with E-state index in [-0.39, 0.29) is 11.4 Å². The summed E-state index contributed by atoms with van der Waals surface area (Å²) in [4.78, 5) is 16.9. The Bertz CT molecular complexity index is 1010. The van der Waals surface area contributed by atoms with E-state index < -0.39 is 0 Å². The Morgan fingerprint density at radius 3 is 2.42 bits per heavy atom. The number of benzene rings is 2. The molecule has 0 aliphatic heterocycles. The summed E-state index contributed by atoms with van der Waals surface area (Å²) in [6.45, 7) is 5.81. The molecule has 0 radical (unpaired) electrons. The highest BCUT2D eigenvalue weighted by atomic mass is 35.5. The Morgan fingerprint density at radius 2 is 1.77 bits per heavy atom. The Hall–Kier alpha value is -2.79. The molecule has 5 nitrogen and oxygen atoms in total. The van der Waals surface area contributed by atoms with Crippen LogP contribution in [-0.4, -0.2) is 9.55 Å². The van der Waals surface area contributed by atoms with Gasteiger partial charge in [-0.1, -0.05) is 29.3 Å². The standard InChI is InChI=1S/C20H20ClN3O2/c1-12-5-10-17(13(2)11-12)26-19-14(3)24(4)20(25)18(23-19)22-16-8-6-15(21)7-9-16/h5-11H,1-4H3,(H,22,23). The molecule has 0 fully saturated rings. The van der Waals surface area contributed by atoms with E-state index in [1.54, 1.807) is 38.2 Å². The van der Waals surface area contributed by atoms with Crippen LogP contribution in [0.5, 0.6) is 11.6 Å². The Balaban J connectivity index is 1.99. The average molecular weight is 370 g/mol. The van der Waals surface area contributed by atoms with Crippen LogP contribution in [0.1, 0.15) is 16.8 Å². The second kappa shape index (κ2) is 7.22. The highest BCUT2D eigenvalue weighted by Crippen LogP contribution is 2.27. The molecule has 3 aromatic rings. The van der Waals surface area contributed by atoms with Gasteiger partial charge in [0, 0.05) is 17.8 Å². The number of nitrogens with zero attached hydrogens (tertiary/aromatic N) is 2. The molecule has 0 unspecified atom stereocenters. The molecule has 2 aromatic carbocycles. The predicted molar refractivity (Wildman–Crippen MR) is 105 cm³/mol. The van der Waals surface area contributed by atoms with Crippen molar-refractivity contribution >= 4 is 23.1 Å². The molecule has 0 aliphatic rings. The van der Waals surface area contributed by atoms with Crippen molar-refractivity contribution in [1.29, 1.82) is 0 Å². The zero-order valence-electron chi connectivity index (χ0n) is 15.1. The molecule has 1 aromatic heterocycles. The van der Waals surface area contributed by atoms with Crippen LogP contribution >= 0.6 is 11.6 Å². The van der Waals surface area contributed by atoms with Gasteiger partial charge in [0.25, 0.3) is 5.56 Å². The zero-order valence-corrected chi connectivity index (χ0v) is 15.9. The molecule has 1 N–H and O–H groups in total. The number of ether oxygens (including phenoxy) is 1. The van der Waals surface area contributed by atoms with Crippen LogP contribution in [0.25, 0.3) is 0 Å². The van der Waals surface area contributed by atoms with Crippen molar-refractivity contribution in [2.24, 2.45) is 7.05 Å². The average Bonchev–Trinajstić information content (AvgIpc) is 2.61. The minimum Gasteiger partial charge on any atom is -0.437 e. The Morgan fingerprint density at radius 1 is 1.08 bits per heavy atom. The summed E-state index contributed by atoms with van der Waals surface area (Å²) in [5.41, 5.74) is 3.31. The van der Waals surface area contributed by atoms with E-state index >= 15 is 0 Å². The van der Waals surface area contributed by atoms with Crippen LogP contribution in [0, 0.1) is 20.8 Å². The molecule has 0 saturated carbocycles. The molecule has 0 bridgehead atoms. The minimum atomic E-state index is -0.231. The summed E-state index contributed by atoms with van der Waals surface area (Å²) >= 11 is 5.90. The van der Waals surface area contributed by atoms with Gasteiger partial charge >= 0.3 is 0 Å². The van der Waals surface area contributed by atoms with Crippen molar-refractivity contribution in [2.45, 2.75) is 20.8 Å². The van der Waals surface area contributed by atoms with E-state index in [9.17, 15) is 4.79 Å². The molecule has 3 rings (SSSR count). The zero-order chi connectivity index (χ0) is 18.8. The number of nitrogens with one attached hydrogen (secondary N) is 1. The molecule has 0 aliphatic carbocycles. The smallest absolute Gasteiger partial charge is 0.293 e. The lowest BCUT2D eigenvalue weighted by atomic mass is 10.1. The van der Waals surface area contributed by atoms with Gasteiger partial charge in [0.2, 0.25) is 11.7 Å². The lowest BCUT2D eigenvalue weighted by Crippen LogP contribution is -2.24. The van der Waals surface area contributed by atoms with Gasteiger partial charge in [-0.15, -0.1) is 0 Å². The van der Waals surface area contributed by atoms with Gasteiger partial charge in [-0.05, 0) is 56.7 Å². The quantitative estimate of drug-likeness (QED) is 0.711. The first-order valence-electron chi connectivity index (χ1n) is 8.20. The van der Waals surface area contributed by atoms with E-state index in [0.717, 1.165) is 16.8 Å². The number of hydrogen-bond donors (Lipinski definition) is 1. The molecule has 0 saturated heterocycles. The number of hydrogen-bond acceptors (Lipinski definition) is 4. The highest BCUT2D eigenvalue weighted by molar-refractivity contribution is 6.30. The minimum absolute atomic E-state index is 0.195. The molecular formula is C20H20ClN3O2. The van der Waals surface area contributed by atoms with Gasteiger partial charge in [0.15, 0.2) is 0 Å². The van der Waals surface area contributed by atoms with Gasteiger partial charge < -0.3 is 14.6 Å². The molecule has 26 heavy (non-hydrogen) atoms. The van der Waals surface area contributed by atoms with Crippen molar-refractivity contribution in [3.63, 3.8) is 0 Å². The van der Waals surface area contributed by atoms with E-state index in [0.29, 0.717) is 22.3 Å². The second-order valence-electron chi connectivity index (χ2n) is 6.22. The summed E-state index contributed by atoms with van der Waals surface area (Å²) in [5, 5.41) is 3.66. The van der Waals surface area contributed by atoms with E-state index in [1.807, 2.05) is 32.0 Å². The van der Waals surface area contributed by atoms with Crippen molar-refractivity contribution in [3.8, 4) is 11.6 Å². The lowest BCUT2D eigenvalue weighted by molar-refractivity contribution is 0.446. The fraction of sp³-hybridized carbons (Fsp3) is 0.200. The number of halogens is 1. The molecule has 0 amide bonds. The van der Waals surface area contributed by atoms with E-state index in [1.165, 1.54) is 4.57 Å². The van der Waals surface area contributed by atoms with Crippen LogP contribution in [0.15, 0.2) is 47.3 Å². The predicted octanol–water partition coefficient (Wildman–Crippen LogP) is 4.89. The molecule has 134 valence electrons. The Kier molecular flexibility index (Phi) is 5.00. The summed E-state index contributed by atoms with van der Waals surface area (Å²) in [6, 6.07) is 13.0. The maximum atomic E-state index is 12.5. The van der Waals surface area contributed by atoms with Crippen LogP contribution in [0.2, 0.25) is 5.02 Å². The van der Waals surface area contributed by atoms with Gasteiger partial charge in [-0.25, -0.2) is 0 Å². The fourth-order valence-electron chi connectivity index (χ4n) is 2.55. The maximum absolute atomic E-state index is 12.5.